The number of anilines is 1. The van der Waals surface area contributed by atoms with Gasteiger partial charge < -0.3 is 15.5 Å². The highest BCUT2D eigenvalue weighted by Gasteiger charge is 2.22. The fourth-order valence-corrected chi connectivity index (χ4v) is 2.39. The summed E-state index contributed by atoms with van der Waals surface area (Å²) in [5.74, 6) is -0.178. The summed E-state index contributed by atoms with van der Waals surface area (Å²) in [5.41, 5.74) is 1.04. The Hall–Kier alpha value is -1.59. The van der Waals surface area contributed by atoms with Gasteiger partial charge in [0.05, 0.1) is 16.5 Å². The Balaban J connectivity index is 2.09. The summed E-state index contributed by atoms with van der Waals surface area (Å²) in [7, 11) is 3.34. The minimum Gasteiger partial charge on any atom is -0.345 e. The van der Waals surface area contributed by atoms with Crippen molar-refractivity contribution in [1.82, 2.24) is 10.2 Å². The summed E-state index contributed by atoms with van der Waals surface area (Å²) in [4.78, 5) is 25.3. The lowest BCUT2D eigenvalue weighted by molar-refractivity contribution is -0.119. The molecule has 1 atom stereocenters. The second-order valence-corrected chi connectivity index (χ2v) is 5.48. The minimum absolute atomic E-state index is 0.00291. The van der Waals surface area contributed by atoms with E-state index >= 15 is 0 Å². The monoisotopic (exact) mass is 295 g/mol. The lowest BCUT2D eigenvalue weighted by Crippen LogP contribution is -2.25. The Bertz CT molecular complexity index is 525. The van der Waals surface area contributed by atoms with Crippen LogP contribution in [0.3, 0.4) is 0 Å². The van der Waals surface area contributed by atoms with Crippen molar-refractivity contribution in [3.8, 4) is 0 Å². The first kappa shape index (κ1) is 14.8. The van der Waals surface area contributed by atoms with E-state index in [1.165, 1.54) is 4.90 Å². The standard InChI is InChI=1S/C14H18ClN3O2/c1-18(2)14(20)11-4-3-10(7-12(11)15)17-13(19)9-5-6-16-8-9/h3-4,7,9,16H,5-6,8H2,1-2H3,(H,17,19). The molecule has 2 rings (SSSR count). The topological polar surface area (TPSA) is 61.4 Å². The van der Waals surface area contributed by atoms with Gasteiger partial charge in [0.1, 0.15) is 0 Å². The number of benzene rings is 1. The Labute approximate surface area is 123 Å². The molecule has 0 saturated carbocycles. The van der Waals surface area contributed by atoms with Crippen molar-refractivity contribution in [2.24, 2.45) is 5.92 Å². The molecule has 1 aromatic carbocycles. The second kappa shape index (κ2) is 6.24. The van der Waals surface area contributed by atoms with E-state index in [0.29, 0.717) is 22.8 Å². The summed E-state index contributed by atoms with van der Waals surface area (Å²) >= 11 is 6.10. The van der Waals surface area contributed by atoms with E-state index < -0.39 is 0 Å². The first-order valence-corrected chi connectivity index (χ1v) is 6.89. The summed E-state index contributed by atoms with van der Waals surface area (Å²) in [6.07, 6.45) is 0.844. The zero-order chi connectivity index (χ0) is 14.7. The number of nitrogens with zero attached hydrogens (tertiary/aromatic N) is 1. The van der Waals surface area contributed by atoms with Gasteiger partial charge in [-0.2, -0.15) is 0 Å². The lowest BCUT2D eigenvalue weighted by Gasteiger charge is -2.14. The zero-order valence-corrected chi connectivity index (χ0v) is 12.3. The van der Waals surface area contributed by atoms with Gasteiger partial charge in [-0.25, -0.2) is 0 Å². The molecule has 0 bridgehead atoms. The number of amides is 2. The first-order chi connectivity index (χ1) is 9.49. The lowest BCUT2D eigenvalue weighted by atomic mass is 10.1. The van der Waals surface area contributed by atoms with E-state index in [0.717, 1.165) is 13.0 Å². The van der Waals surface area contributed by atoms with Crippen LogP contribution in [0.1, 0.15) is 16.8 Å². The average molecular weight is 296 g/mol. The SMILES string of the molecule is CN(C)C(=O)c1ccc(NC(=O)C2CCNC2)cc1Cl. The van der Waals surface area contributed by atoms with Crippen molar-refractivity contribution < 1.29 is 9.59 Å². The van der Waals surface area contributed by atoms with E-state index in [4.69, 9.17) is 11.6 Å². The largest absolute Gasteiger partial charge is 0.345 e. The molecule has 0 spiro atoms. The third-order valence-electron chi connectivity index (χ3n) is 3.30. The van der Waals surface area contributed by atoms with Gasteiger partial charge in [-0.05, 0) is 31.2 Å². The van der Waals surface area contributed by atoms with Crippen LogP contribution in [0.2, 0.25) is 5.02 Å². The fraction of sp³-hybridized carbons (Fsp3) is 0.429. The molecule has 1 unspecified atom stereocenters. The maximum absolute atomic E-state index is 12.0. The van der Waals surface area contributed by atoms with Crippen LogP contribution in [0.5, 0.6) is 0 Å². The predicted molar refractivity (Wildman–Crippen MR) is 79.1 cm³/mol. The number of hydrogen-bond donors (Lipinski definition) is 2. The van der Waals surface area contributed by atoms with Crippen LogP contribution in [0.15, 0.2) is 18.2 Å². The van der Waals surface area contributed by atoms with Crippen molar-refractivity contribution in [2.45, 2.75) is 6.42 Å². The molecule has 20 heavy (non-hydrogen) atoms. The molecular weight excluding hydrogens is 278 g/mol. The maximum atomic E-state index is 12.0. The smallest absolute Gasteiger partial charge is 0.254 e. The molecule has 0 aromatic heterocycles. The molecule has 2 N–H and O–H groups in total. The van der Waals surface area contributed by atoms with E-state index in [1.54, 1.807) is 32.3 Å². The molecule has 1 saturated heterocycles. The van der Waals surface area contributed by atoms with Crippen LogP contribution in [-0.4, -0.2) is 43.9 Å². The summed E-state index contributed by atoms with van der Waals surface area (Å²) < 4.78 is 0. The predicted octanol–water partition coefficient (Wildman–Crippen LogP) is 1.59. The molecule has 1 aromatic rings. The van der Waals surface area contributed by atoms with Gasteiger partial charge in [0.15, 0.2) is 0 Å². The van der Waals surface area contributed by atoms with Gasteiger partial charge in [-0.1, -0.05) is 11.6 Å². The third-order valence-corrected chi connectivity index (χ3v) is 3.62. The Morgan fingerprint density at radius 2 is 2.15 bits per heavy atom. The number of carbonyl (C=O) groups is 2. The van der Waals surface area contributed by atoms with Crippen molar-refractivity contribution in [1.29, 1.82) is 0 Å². The molecule has 1 aliphatic heterocycles. The summed E-state index contributed by atoms with van der Waals surface area (Å²) in [6, 6.07) is 4.94. The highest BCUT2D eigenvalue weighted by molar-refractivity contribution is 6.34. The highest BCUT2D eigenvalue weighted by atomic mass is 35.5. The molecule has 108 valence electrons. The molecule has 5 nitrogen and oxygen atoms in total. The van der Waals surface area contributed by atoms with Crippen LogP contribution in [0.4, 0.5) is 5.69 Å². The fourth-order valence-electron chi connectivity index (χ4n) is 2.13. The summed E-state index contributed by atoms with van der Waals surface area (Å²) in [6.45, 7) is 1.58. The van der Waals surface area contributed by atoms with Crippen LogP contribution in [0, 0.1) is 5.92 Å². The van der Waals surface area contributed by atoms with E-state index in [2.05, 4.69) is 10.6 Å². The van der Waals surface area contributed by atoms with Gasteiger partial charge in [-0.3, -0.25) is 9.59 Å². The van der Waals surface area contributed by atoms with Gasteiger partial charge in [0.25, 0.3) is 5.91 Å². The van der Waals surface area contributed by atoms with Crippen LogP contribution in [0.25, 0.3) is 0 Å². The normalized spacial score (nSPS) is 17.9. The summed E-state index contributed by atoms with van der Waals surface area (Å²) in [5, 5.41) is 6.32. The molecule has 6 heteroatoms. The first-order valence-electron chi connectivity index (χ1n) is 6.52. The second-order valence-electron chi connectivity index (χ2n) is 5.07. The average Bonchev–Trinajstić information content (AvgIpc) is 2.92. The number of halogens is 1. The molecule has 1 fully saturated rings. The Kier molecular flexibility index (Phi) is 4.62. The van der Waals surface area contributed by atoms with Gasteiger partial charge in [0.2, 0.25) is 5.91 Å². The number of rotatable bonds is 3. The van der Waals surface area contributed by atoms with E-state index in [9.17, 15) is 9.59 Å². The van der Waals surface area contributed by atoms with E-state index in [-0.39, 0.29) is 17.7 Å². The number of carbonyl (C=O) groups excluding carboxylic acids is 2. The molecule has 0 radical (unpaired) electrons. The Morgan fingerprint density at radius 3 is 2.70 bits per heavy atom. The third kappa shape index (κ3) is 3.29. The molecular formula is C14H18ClN3O2. The number of nitrogens with one attached hydrogen (secondary N) is 2. The maximum Gasteiger partial charge on any atom is 0.254 e. The molecule has 1 aliphatic rings. The van der Waals surface area contributed by atoms with Gasteiger partial charge >= 0.3 is 0 Å². The minimum atomic E-state index is -0.159. The van der Waals surface area contributed by atoms with Crippen LogP contribution < -0.4 is 10.6 Å². The van der Waals surface area contributed by atoms with Crippen molar-refractivity contribution in [3.05, 3.63) is 28.8 Å². The van der Waals surface area contributed by atoms with Crippen molar-refractivity contribution >= 4 is 29.1 Å². The van der Waals surface area contributed by atoms with Crippen molar-refractivity contribution in [3.63, 3.8) is 0 Å². The van der Waals surface area contributed by atoms with Gasteiger partial charge in [-0.15, -0.1) is 0 Å². The highest BCUT2D eigenvalue weighted by Crippen LogP contribution is 2.23. The quantitative estimate of drug-likeness (QED) is 0.890. The molecule has 1 heterocycles. The van der Waals surface area contributed by atoms with Gasteiger partial charge in [0, 0.05) is 26.3 Å². The Morgan fingerprint density at radius 1 is 1.40 bits per heavy atom. The zero-order valence-electron chi connectivity index (χ0n) is 11.6. The van der Waals surface area contributed by atoms with E-state index in [1.807, 2.05) is 0 Å². The van der Waals surface area contributed by atoms with Crippen molar-refractivity contribution in [2.75, 3.05) is 32.5 Å². The van der Waals surface area contributed by atoms with Crippen LogP contribution >= 0.6 is 11.6 Å². The number of hydrogen-bond acceptors (Lipinski definition) is 3. The van der Waals surface area contributed by atoms with Crippen LogP contribution in [-0.2, 0) is 4.79 Å². The molecule has 0 aliphatic carbocycles. The molecule has 2 amide bonds.